The van der Waals surface area contributed by atoms with Crippen molar-refractivity contribution in [2.24, 2.45) is 11.3 Å². The standard InChI is InChI=1S/C18H21FN2O2/c19-13-3-4-16-15(6-13)17(23)7-14(20-16)9-21-8-12-2-1-5-18(12,10-21)11-22/h3-4,6-7,12,22H,1-2,5,8-11H2,(H,20,23)/t12-,18+/m1/s1. The fraction of sp³-hybridized carbons (Fsp3) is 0.500. The molecule has 0 unspecified atom stereocenters. The zero-order valence-electron chi connectivity index (χ0n) is 13.0. The molecule has 1 saturated heterocycles. The van der Waals surface area contributed by atoms with Gasteiger partial charge in [-0.1, -0.05) is 6.42 Å². The lowest BCUT2D eigenvalue weighted by molar-refractivity contribution is 0.111. The molecule has 1 aliphatic heterocycles. The van der Waals surface area contributed by atoms with Crippen LogP contribution >= 0.6 is 0 Å². The van der Waals surface area contributed by atoms with Crippen molar-refractivity contribution in [3.8, 4) is 0 Å². The third kappa shape index (κ3) is 2.48. The third-order valence-corrected chi connectivity index (χ3v) is 5.67. The number of hydrogen-bond donors (Lipinski definition) is 2. The normalized spacial score (nSPS) is 27.7. The molecule has 4 nitrogen and oxygen atoms in total. The van der Waals surface area contributed by atoms with Crippen molar-refractivity contribution in [3.05, 3.63) is 46.0 Å². The summed E-state index contributed by atoms with van der Waals surface area (Å²) in [7, 11) is 0. The summed E-state index contributed by atoms with van der Waals surface area (Å²) in [4.78, 5) is 17.8. The van der Waals surface area contributed by atoms with Gasteiger partial charge in [-0.3, -0.25) is 9.69 Å². The molecule has 122 valence electrons. The van der Waals surface area contributed by atoms with Crippen LogP contribution in [-0.4, -0.2) is 34.7 Å². The molecule has 1 aliphatic carbocycles. The van der Waals surface area contributed by atoms with Crippen molar-refractivity contribution in [2.75, 3.05) is 19.7 Å². The van der Waals surface area contributed by atoms with Crippen LogP contribution in [0.1, 0.15) is 25.0 Å². The maximum absolute atomic E-state index is 13.3. The Labute approximate surface area is 133 Å². The summed E-state index contributed by atoms with van der Waals surface area (Å²) >= 11 is 0. The van der Waals surface area contributed by atoms with Crippen molar-refractivity contribution in [1.29, 1.82) is 0 Å². The van der Waals surface area contributed by atoms with Crippen molar-refractivity contribution in [1.82, 2.24) is 9.88 Å². The number of aromatic amines is 1. The highest BCUT2D eigenvalue weighted by atomic mass is 19.1. The van der Waals surface area contributed by atoms with Crippen LogP contribution in [0, 0.1) is 17.2 Å². The van der Waals surface area contributed by atoms with Gasteiger partial charge in [0, 0.05) is 47.7 Å². The van der Waals surface area contributed by atoms with Gasteiger partial charge in [0.25, 0.3) is 0 Å². The number of benzene rings is 1. The van der Waals surface area contributed by atoms with E-state index in [2.05, 4.69) is 9.88 Å². The molecule has 2 aromatic rings. The van der Waals surface area contributed by atoms with E-state index < -0.39 is 5.82 Å². The first-order valence-electron chi connectivity index (χ1n) is 8.24. The van der Waals surface area contributed by atoms with Crippen LogP contribution in [0.4, 0.5) is 4.39 Å². The fourth-order valence-corrected chi connectivity index (χ4v) is 4.50. The number of pyridine rings is 1. The highest BCUT2D eigenvalue weighted by Gasteiger charge is 2.48. The Morgan fingerprint density at radius 2 is 2.26 bits per heavy atom. The van der Waals surface area contributed by atoms with Crippen LogP contribution in [0.2, 0.25) is 0 Å². The van der Waals surface area contributed by atoms with Gasteiger partial charge in [0.15, 0.2) is 5.43 Å². The van der Waals surface area contributed by atoms with Crippen molar-refractivity contribution >= 4 is 10.9 Å². The molecule has 23 heavy (non-hydrogen) atoms. The summed E-state index contributed by atoms with van der Waals surface area (Å²) in [5.41, 5.74) is 1.43. The van der Waals surface area contributed by atoms with Gasteiger partial charge in [0.2, 0.25) is 0 Å². The van der Waals surface area contributed by atoms with Gasteiger partial charge in [-0.25, -0.2) is 4.39 Å². The van der Waals surface area contributed by atoms with E-state index in [0.717, 1.165) is 25.2 Å². The smallest absolute Gasteiger partial charge is 0.189 e. The maximum atomic E-state index is 13.3. The number of hydrogen-bond acceptors (Lipinski definition) is 3. The molecule has 4 rings (SSSR count). The molecular weight excluding hydrogens is 295 g/mol. The lowest BCUT2D eigenvalue weighted by atomic mass is 9.82. The Morgan fingerprint density at radius 1 is 1.39 bits per heavy atom. The minimum Gasteiger partial charge on any atom is -0.396 e. The number of rotatable bonds is 3. The monoisotopic (exact) mass is 316 g/mol. The van der Waals surface area contributed by atoms with Gasteiger partial charge >= 0.3 is 0 Å². The average molecular weight is 316 g/mol. The number of fused-ring (bicyclic) bond motifs is 2. The molecule has 1 aromatic carbocycles. The number of aliphatic hydroxyl groups is 1. The summed E-state index contributed by atoms with van der Waals surface area (Å²) in [6, 6.07) is 5.83. The Kier molecular flexibility index (Phi) is 3.50. The molecule has 0 spiro atoms. The van der Waals surface area contributed by atoms with Crippen LogP contribution in [-0.2, 0) is 6.54 Å². The number of nitrogens with zero attached hydrogens (tertiary/aromatic N) is 1. The molecule has 1 aromatic heterocycles. The topological polar surface area (TPSA) is 56.3 Å². The first-order chi connectivity index (χ1) is 11.1. The van der Waals surface area contributed by atoms with E-state index in [0.29, 0.717) is 23.4 Å². The number of likely N-dealkylation sites (tertiary alicyclic amines) is 1. The van der Waals surface area contributed by atoms with E-state index >= 15 is 0 Å². The molecule has 0 radical (unpaired) electrons. The highest BCUT2D eigenvalue weighted by molar-refractivity contribution is 5.78. The summed E-state index contributed by atoms with van der Waals surface area (Å²) < 4.78 is 13.3. The van der Waals surface area contributed by atoms with Crippen molar-refractivity contribution < 1.29 is 9.50 Å². The van der Waals surface area contributed by atoms with Gasteiger partial charge in [0.1, 0.15) is 5.82 Å². The zero-order chi connectivity index (χ0) is 16.0. The average Bonchev–Trinajstić information content (AvgIpc) is 3.05. The Balaban J connectivity index is 1.59. The quantitative estimate of drug-likeness (QED) is 0.913. The minimum absolute atomic E-state index is 0.0558. The molecule has 0 bridgehead atoms. The molecule has 2 aliphatic rings. The van der Waals surface area contributed by atoms with E-state index in [9.17, 15) is 14.3 Å². The van der Waals surface area contributed by atoms with Crippen LogP contribution in [0.15, 0.2) is 29.1 Å². The van der Waals surface area contributed by atoms with Gasteiger partial charge in [-0.05, 0) is 37.0 Å². The van der Waals surface area contributed by atoms with E-state index in [1.807, 2.05) is 0 Å². The molecule has 5 heteroatoms. The van der Waals surface area contributed by atoms with E-state index in [4.69, 9.17) is 0 Å². The lowest BCUT2D eigenvalue weighted by Crippen LogP contribution is -2.31. The molecular formula is C18H21FN2O2. The minimum atomic E-state index is -0.395. The first kappa shape index (κ1) is 14.8. The van der Waals surface area contributed by atoms with Gasteiger partial charge in [-0.2, -0.15) is 0 Å². The molecule has 2 atom stereocenters. The maximum Gasteiger partial charge on any atom is 0.189 e. The largest absolute Gasteiger partial charge is 0.396 e. The van der Waals surface area contributed by atoms with Gasteiger partial charge in [-0.15, -0.1) is 0 Å². The fourth-order valence-electron chi connectivity index (χ4n) is 4.50. The lowest BCUT2D eigenvalue weighted by Gasteiger charge is -2.26. The van der Waals surface area contributed by atoms with Crippen LogP contribution in [0.25, 0.3) is 10.9 Å². The zero-order valence-corrected chi connectivity index (χ0v) is 13.0. The first-order valence-corrected chi connectivity index (χ1v) is 8.24. The second-order valence-corrected chi connectivity index (χ2v) is 7.13. The SMILES string of the molecule is O=c1cc(CN2C[C@H]3CCC[C@@]3(CO)C2)[nH]c2ccc(F)cc12. The molecule has 1 saturated carbocycles. The van der Waals surface area contributed by atoms with E-state index in [-0.39, 0.29) is 17.5 Å². The second kappa shape index (κ2) is 5.42. The van der Waals surface area contributed by atoms with Crippen LogP contribution in [0.5, 0.6) is 0 Å². The number of H-pyrrole nitrogens is 1. The molecule has 0 amide bonds. The summed E-state index contributed by atoms with van der Waals surface area (Å²) in [6.45, 7) is 2.78. The number of nitrogens with one attached hydrogen (secondary N) is 1. The molecule has 2 fully saturated rings. The van der Waals surface area contributed by atoms with Gasteiger partial charge in [0.05, 0.1) is 6.61 Å². The molecule has 2 N–H and O–H groups in total. The number of halogens is 1. The number of aromatic nitrogens is 1. The summed E-state index contributed by atoms with van der Waals surface area (Å²) in [6.07, 6.45) is 3.49. The van der Waals surface area contributed by atoms with Gasteiger partial charge < -0.3 is 10.1 Å². The van der Waals surface area contributed by atoms with E-state index in [1.54, 1.807) is 12.1 Å². The highest BCUT2D eigenvalue weighted by Crippen LogP contribution is 2.48. The van der Waals surface area contributed by atoms with Crippen molar-refractivity contribution in [3.63, 3.8) is 0 Å². The Hall–Kier alpha value is -1.72. The predicted octanol–water partition coefficient (Wildman–Crippen LogP) is 2.26. The van der Waals surface area contributed by atoms with Crippen LogP contribution < -0.4 is 5.43 Å². The predicted molar refractivity (Wildman–Crippen MR) is 86.7 cm³/mol. The van der Waals surface area contributed by atoms with Crippen LogP contribution in [0.3, 0.4) is 0 Å². The number of aliphatic hydroxyl groups excluding tert-OH is 1. The van der Waals surface area contributed by atoms with Crippen molar-refractivity contribution in [2.45, 2.75) is 25.8 Å². The Morgan fingerprint density at radius 3 is 3.04 bits per heavy atom. The second-order valence-electron chi connectivity index (χ2n) is 7.13. The summed E-state index contributed by atoms with van der Waals surface area (Å²) in [5, 5.41) is 10.2. The summed E-state index contributed by atoms with van der Waals surface area (Å²) in [5.74, 6) is 0.168. The van der Waals surface area contributed by atoms with E-state index in [1.165, 1.54) is 25.0 Å². The molecule has 2 heterocycles. The Bertz CT molecular complexity index is 803. The third-order valence-electron chi connectivity index (χ3n) is 5.67.